The lowest BCUT2D eigenvalue weighted by Crippen LogP contribution is -2.40. The number of carbonyl (C=O) groups excluding carboxylic acids is 1. The quantitative estimate of drug-likeness (QED) is 0.886. The largest absolute Gasteiger partial charge is 0.382 e. The smallest absolute Gasteiger partial charge is 0.267 e. The highest BCUT2D eigenvalue weighted by Gasteiger charge is 2.26. The summed E-state index contributed by atoms with van der Waals surface area (Å²) < 4.78 is 5.31. The fourth-order valence-corrected chi connectivity index (χ4v) is 3.23. The van der Waals surface area contributed by atoms with Gasteiger partial charge in [-0.3, -0.25) is 4.79 Å². The van der Waals surface area contributed by atoms with Gasteiger partial charge in [-0.15, -0.1) is 0 Å². The summed E-state index contributed by atoms with van der Waals surface area (Å²) in [5, 5.41) is 3.88. The summed E-state index contributed by atoms with van der Waals surface area (Å²) >= 11 is 1.33. The molecule has 1 amide bonds. The van der Waals surface area contributed by atoms with Crippen LogP contribution in [0.4, 0.5) is 10.9 Å². The van der Waals surface area contributed by atoms with Crippen LogP contribution in [0.3, 0.4) is 0 Å². The van der Waals surface area contributed by atoms with Gasteiger partial charge in [0.25, 0.3) is 5.91 Å². The molecule has 0 aromatic carbocycles. The zero-order valence-corrected chi connectivity index (χ0v) is 13.0. The number of nitrogens with one attached hydrogen (secondary N) is 1. The molecule has 0 spiro atoms. The molecule has 0 atom stereocenters. The zero-order valence-electron chi connectivity index (χ0n) is 12.2. The molecule has 2 heterocycles. The second kappa shape index (κ2) is 6.41. The van der Waals surface area contributed by atoms with Crippen LogP contribution in [-0.4, -0.2) is 48.1 Å². The number of carbonyl (C=O) groups is 1. The first-order valence-electron chi connectivity index (χ1n) is 6.86. The van der Waals surface area contributed by atoms with Gasteiger partial charge < -0.3 is 20.7 Å². The SMILES string of the molecule is COC1CCN(C(=O)c2sc(NC(C)C)nc2N)CC1. The number of methoxy groups -OCH3 is 1. The summed E-state index contributed by atoms with van der Waals surface area (Å²) in [5.41, 5.74) is 5.87. The Morgan fingerprint density at radius 3 is 2.70 bits per heavy atom. The van der Waals surface area contributed by atoms with E-state index >= 15 is 0 Å². The van der Waals surface area contributed by atoms with E-state index < -0.39 is 0 Å². The average molecular weight is 298 g/mol. The summed E-state index contributed by atoms with van der Waals surface area (Å²) in [6, 6.07) is 0.265. The number of thiazole rings is 1. The molecule has 0 radical (unpaired) electrons. The second-order valence-corrected chi connectivity index (χ2v) is 6.26. The molecule has 0 bridgehead atoms. The fourth-order valence-electron chi connectivity index (χ4n) is 2.23. The van der Waals surface area contributed by atoms with Crippen molar-refractivity contribution in [1.82, 2.24) is 9.88 Å². The maximum atomic E-state index is 12.5. The lowest BCUT2D eigenvalue weighted by molar-refractivity contribution is 0.0354. The Morgan fingerprint density at radius 1 is 1.50 bits per heavy atom. The van der Waals surface area contributed by atoms with Crippen molar-refractivity contribution in [3.63, 3.8) is 0 Å². The highest BCUT2D eigenvalue weighted by molar-refractivity contribution is 7.18. The minimum absolute atomic E-state index is 0.0219. The van der Waals surface area contributed by atoms with E-state index in [1.54, 1.807) is 7.11 Å². The van der Waals surface area contributed by atoms with E-state index in [0.717, 1.165) is 12.8 Å². The number of hydrogen-bond acceptors (Lipinski definition) is 6. The van der Waals surface area contributed by atoms with Crippen molar-refractivity contribution in [2.45, 2.75) is 38.8 Å². The van der Waals surface area contributed by atoms with Crippen LogP contribution in [0.5, 0.6) is 0 Å². The Hall–Kier alpha value is -1.34. The van der Waals surface area contributed by atoms with E-state index in [9.17, 15) is 4.79 Å². The van der Waals surface area contributed by atoms with Gasteiger partial charge in [-0.05, 0) is 26.7 Å². The second-order valence-electron chi connectivity index (χ2n) is 5.26. The molecule has 112 valence electrons. The van der Waals surface area contributed by atoms with E-state index in [2.05, 4.69) is 10.3 Å². The number of nitrogens with zero attached hydrogens (tertiary/aromatic N) is 2. The Morgan fingerprint density at radius 2 is 2.15 bits per heavy atom. The molecule has 0 unspecified atom stereocenters. The molecule has 1 aromatic rings. The Labute approximate surface area is 123 Å². The third-order valence-electron chi connectivity index (χ3n) is 3.32. The van der Waals surface area contributed by atoms with Crippen molar-refractivity contribution in [3.8, 4) is 0 Å². The van der Waals surface area contributed by atoms with Gasteiger partial charge in [0.2, 0.25) is 0 Å². The van der Waals surface area contributed by atoms with Crippen molar-refractivity contribution < 1.29 is 9.53 Å². The normalized spacial score (nSPS) is 16.7. The van der Waals surface area contributed by atoms with Gasteiger partial charge in [0.1, 0.15) is 10.7 Å². The monoisotopic (exact) mass is 298 g/mol. The summed E-state index contributed by atoms with van der Waals surface area (Å²) in [6.07, 6.45) is 2.01. The molecule has 7 heteroatoms. The van der Waals surface area contributed by atoms with Crippen molar-refractivity contribution in [3.05, 3.63) is 4.88 Å². The Bertz CT molecular complexity index is 467. The summed E-state index contributed by atoms with van der Waals surface area (Å²) in [4.78, 5) is 19.0. The van der Waals surface area contributed by atoms with Crippen molar-refractivity contribution >= 4 is 28.2 Å². The van der Waals surface area contributed by atoms with Crippen LogP contribution >= 0.6 is 11.3 Å². The number of likely N-dealkylation sites (tertiary alicyclic amines) is 1. The maximum absolute atomic E-state index is 12.5. The van der Waals surface area contributed by atoms with E-state index in [0.29, 0.717) is 28.9 Å². The third-order valence-corrected chi connectivity index (χ3v) is 4.31. The van der Waals surface area contributed by atoms with Gasteiger partial charge in [-0.2, -0.15) is 0 Å². The molecule has 1 fully saturated rings. The van der Waals surface area contributed by atoms with Crippen LogP contribution in [0.1, 0.15) is 36.4 Å². The number of nitrogens with two attached hydrogens (primary N) is 1. The number of aromatic nitrogens is 1. The summed E-state index contributed by atoms with van der Waals surface area (Å²) in [5.74, 6) is 0.295. The van der Waals surface area contributed by atoms with Crippen LogP contribution in [0.2, 0.25) is 0 Å². The molecule has 3 N–H and O–H groups in total. The molecule has 6 nitrogen and oxygen atoms in total. The van der Waals surface area contributed by atoms with Crippen LogP contribution in [-0.2, 0) is 4.74 Å². The van der Waals surface area contributed by atoms with E-state index in [1.165, 1.54) is 11.3 Å². The number of anilines is 2. The summed E-state index contributed by atoms with van der Waals surface area (Å²) in [6.45, 7) is 5.46. The highest BCUT2D eigenvalue weighted by Crippen LogP contribution is 2.28. The third kappa shape index (κ3) is 3.40. The minimum Gasteiger partial charge on any atom is -0.382 e. The standard InChI is InChI=1S/C13H22N4O2S/c1-8(2)15-13-16-11(14)10(20-13)12(18)17-6-4-9(19-3)5-7-17/h8-9H,4-7,14H2,1-3H3,(H,15,16). The van der Waals surface area contributed by atoms with E-state index in [4.69, 9.17) is 10.5 Å². The molecule has 1 saturated heterocycles. The number of piperidine rings is 1. The first-order chi connectivity index (χ1) is 9.51. The van der Waals surface area contributed by atoms with Crippen LogP contribution in [0.15, 0.2) is 0 Å². The van der Waals surface area contributed by atoms with E-state index in [1.807, 2.05) is 18.7 Å². The first kappa shape index (κ1) is 15.1. The molecule has 0 saturated carbocycles. The van der Waals surface area contributed by atoms with Gasteiger partial charge in [-0.1, -0.05) is 11.3 Å². The van der Waals surface area contributed by atoms with Gasteiger partial charge in [0, 0.05) is 26.2 Å². The van der Waals surface area contributed by atoms with Crippen molar-refractivity contribution in [2.75, 3.05) is 31.2 Å². The predicted molar refractivity (Wildman–Crippen MR) is 81.2 cm³/mol. The van der Waals surface area contributed by atoms with Gasteiger partial charge >= 0.3 is 0 Å². The van der Waals surface area contributed by atoms with E-state index in [-0.39, 0.29) is 18.1 Å². The number of hydrogen-bond donors (Lipinski definition) is 2. The van der Waals surface area contributed by atoms with Crippen molar-refractivity contribution in [2.24, 2.45) is 0 Å². The highest BCUT2D eigenvalue weighted by atomic mass is 32.1. The lowest BCUT2D eigenvalue weighted by atomic mass is 10.1. The molecule has 1 aromatic heterocycles. The molecular weight excluding hydrogens is 276 g/mol. The number of ether oxygens (including phenoxy) is 1. The van der Waals surface area contributed by atoms with Crippen LogP contribution < -0.4 is 11.1 Å². The summed E-state index contributed by atoms with van der Waals surface area (Å²) in [7, 11) is 1.72. The fraction of sp³-hybridized carbons (Fsp3) is 0.692. The van der Waals surface area contributed by atoms with Crippen LogP contribution in [0, 0.1) is 0 Å². The molecular formula is C13H22N4O2S. The van der Waals surface area contributed by atoms with Gasteiger partial charge in [0.15, 0.2) is 5.13 Å². The molecule has 1 aliphatic rings. The molecule has 2 rings (SSSR count). The lowest BCUT2D eigenvalue weighted by Gasteiger charge is -2.30. The molecule has 20 heavy (non-hydrogen) atoms. The molecule has 0 aliphatic carbocycles. The minimum atomic E-state index is -0.0219. The number of rotatable bonds is 4. The Kier molecular flexibility index (Phi) is 4.82. The number of nitrogen functional groups attached to an aromatic ring is 1. The Balaban J connectivity index is 2.04. The van der Waals surface area contributed by atoms with Crippen LogP contribution in [0.25, 0.3) is 0 Å². The topological polar surface area (TPSA) is 80.5 Å². The number of amides is 1. The maximum Gasteiger partial charge on any atom is 0.267 e. The average Bonchev–Trinajstić information content (AvgIpc) is 2.78. The van der Waals surface area contributed by atoms with Gasteiger partial charge in [-0.25, -0.2) is 4.98 Å². The zero-order chi connectivity index (χ0) is 14.7. The van der Waals surface area contributed by atoms with Gasteiger partial charge in [0.05, 0.1) is 6.10 Å². The first-order valence-corrected chi connectivity index (χ1v) is 7.67. The predicted octanol–water partition coefficient (Wildman–Crippen LogP) is 1.80. The van der Waals surface area contributed by atoms with Crippen molar-refractivity contribution in [1.29, 1.82) is 0 Å². The molecule has 1 aliphatic heterocycles.